The van der Waals surface area contributed by atoms with Gasteiger partial charge in [-0.15, -0.1) is 0 Å². The number of aryl methyl sites for hydroxylation is 1. The second-order valence-corrected chi connectivity index (χ2v) is 5.27. The minimum atomic E-state index is -0.957. The van der Waals surface area contributed by atoms with E-state index >= 15 is 0 Å². The van der Waals surface area contributed by atoms with Gasteiger partial charge in [-0.1, -0.05) is 18.7 Å². The van der Waals surface area contributed by atoms with Crippen LogP contribution in [0.25, 0.3) is 5.52 Å². The van der Waals surface area contributed by atoms with Crippen molar-refractivity contribution >= 4 is 29.2 Å². The largest absolute Gasteiger partial charge is 0.481 e. The number of pyridine rings is 1. The highest BCUT2D eigenvalue weighted by Gasteiger charge is 2.22. The molecule has 0 aliphatic rings. The van der Waals surface area contributed by atoms with Crippen molar-refractivity contribution in [2.75, 3.05) is 12.4 Å². The predicted molar refractivity (Wildman–Crippen MR) is 78.9 cm³/mol. The van der Waals surface area contributed by atoms with E-state index in [1.807, 2.05) is 19.1 Å². The van der Waals surface area contributed by atoms with Gasteiger partial charge in [0.05, 0.1) is 17.9 Å². The van der Waals surface area contributed by atoms with Gasteiger partial charge in [-0.2, -0.15) is 5.10 Å². The van der Waals surface area contributed by atoms with Crippen LogP contribution < -0.4 is 0 Å². The number of carboxylic acid groups (broad SMARTS) is 1. The van der Waals surface area contributed by atoms with Crippen LogP contribution in [0.15, 0.2) is 23.4 Å². The molecule has 0 saturated heterocycles. The van der Waals surface area contributed by atoms with Crippen LogP contribution >= 0.6 is 11.8 Å². The lowest BCUT2D eigenvalue weighted by molar-refractivity contribution is -0.133. The number of rotatable bonds is 6. The molecule has 0 bridgehead atoms. The Bertz CT molecular complexity index is 681. The minimum absolute atomic E-state index is 0.156. The molecular weight excluding hydrogens is 292 g/mol. The average Bonchev–Trinajstić information content (AvgIpc) is 2.82. The third kappa shape index (κ3) is 3.36. The normalized spacial score (nSPS) is 10.8. The molecule has 0 atom stereocenters. The molecule has 0 aliphatic heterocycles. The number of aliphatic carboxylic acids is 1. The van der Waals surface area contributed by atoms with Gasteiger partial charge >= 0.3 is 11.9 Å². The van der Waals surface area contributed by atoms with Gasteiger partial charge in [0.1, 0.15) is 10.6 Å². The SMILES string of the molecule is CCOC(=O)c1c(SCC(=O)O)nn2ccc(CC)cc12. The van der Waals surface area contributed by atoms with Crippen LogP contribution in [0.1, 0.15) is 29.8 Å². The van der Waals surface area contributed by atoms with Gasteiger partial charge in [0.25, 0.3) is 0 Å². The second kappa shape index (κ2) is 6.62. The first-order valence-corrected chi connectivity index (χ1v) is 7.58. The maximum atomic E-state index is 12.1. The molecule has 2 aromatic rings. The number of fused-ring (bicyclic) bond motifs is 1. The first-order chi connectivity index (χ1) is 10.1. The van der Waals surface area contributed by atoms with Crippen LogP contribution in [0, 0.1) is 0 Å². The molecule has 1 N–H and O–H groups in total. The molecule has 0 aromatic carbocycles. The third-order valence-corrected chi connectivity index (χ3v) is 3.84. The van der Waals surface area contributed by atoms with Crippen molar-refractivity contribution in [3.05, 3.63) is 29.5 Å². The fourth-order valence-corrected chi connectivity index (χ4v) is 2.65. The summed E-state index contributed by atoms with van der Waals surface area (Å²) in [6.45, 7) is 4.00. The van der Waals surface area contributed by atoms with Gasteiger partial charge in [-0.25, -0.2) is 9.31 Å². The Hall–Kier alpha value is -2.02. The summed E-state index contributed by atoms with van der Waals surface area (Å²) in [4.78, 5) is 22.9. The highest BCUT2D eigenvalue weighted by molar-refractivity contribution is 8.00. The summed E-state index contributed by atoms with van der Waals surface area (Å²) in [5.41, 5.74) is 2.04. The Morgan fingerprint density at radius 2 is 2.19 bits per heavy atom. The molecule has 2 heterocycles. The van der Waals surface area contributed by atoms with Crippen molar-refractivity contribution in [2.45, 2.75) is 25.3 Å². The fourth-order valence-electron chi connectivity index (χ4n) is 1.91. The number of esters is 1. The standard InChI is InChI=1S/C14H16N2O4S/c1-3-9-5-6-16-10(7-9)12(14(19)20-4-2)13(15-16)21-8-11(17)18/h5-7H,3-4,8H2,1-2H3,(H,17,18). The first-order valence-electron chi connectivity index (χ1n) is 6.59. The number of aromatic nitrogens is 2. The monoisotopic (exact) mass is 308 g/mol. The van der Waals surface area contributed by atoms with E-state index in [0.29, 0.717) is 16.1 Å². The predicted octanol–water partition coefficient (Wildman–Crippen LogP) is 2.25. The molecule has 0 aliphatic carbocycles. The third-order valence-electron chi connectivity index (χ3n) is 2.89. The smallest absolute Gasteiger partial charge is 0.343 e. The minimum Gasteiger partial charge on any atom is -0.481 e. The van der Waals surface area contributed by atoms with Crippen LogP contribution in [0.4, 0.5) is 0 Å². The number of hydrogen-bond donors (Lipinski definition) is 1. The molecular formula is C14H16N2O4S. The van der Waals surface area contributed by atoms with Gasteiger partial charge in [0, 0.05) is 6.20 Å². The second-order valence-electron chi connectivity index (χ2n) is 4.30. The highest BCUT2D eigenvalue weighted by atomic mass is 32.2. The molecule has 21 heavy (non-hydrogen) atoms. The van der Waals surface area contributed by atoms with Crippen LogP contribution in [-0.4, -0.2) is 39.0 Å². The zero-order chi connectivity index (χ0) is 15.4. The summed E-state index contributed by atoms with van der Waals surface area (Å²) < 4.78 is 6.64. The number of nitrogens with zero attached hydrogens (tertiary/aromatic N) is 2. The van der Waals surface area contributed by atoms with Gasteiger partial charge in [-0.05, 0) is 31.0 Å². The van der Waals surface area contributed by atoms with Crippen molar-refractivity contribution in [1.82, 2.24) is 9.61 Å². The van der Waals surface area contributed by atoms with E-state index in [9.17, 15) is 9.59 Å². The summed E-state index contributed by atoms with van der Waals surface area (Å²) in [6.07, 6.45) is 2.60. The van der Waals surface area contributed by atoms with Crippen LogP contribution in [0.2, 0.25) is 0 Å². The highest BCUT2D eigenvalue weighted by Crippen LogP contribution is 2.27. The Morgan fingerprint density at radius 1 is 1.43 bits per heavy atom. The Morgan fingerprint density at radius 3 is 2.81 bits per heavy atom. The van der Waals surface area contributed by atoms with Crippen molar-refractivity contribution in [3.63, 3.8) is 0 Å². The topological polar surface area (TPSA) is 80.9 Å². The molecule has 0 spiro atoms. The molecule has 0 saturated carbocycles. The van der Waals surface area contributed by atoms with E-state index in [2.05, 4.69) is 5.10 Å². The lowest BCUT2D eigenvalue weighted by Crippen LogP contribution is -2.06. The van der Waals surface area contributed by atoms with E-state index < -0.39 is 11.9 Å². The Labute approximate surface area is 126 Å². The summed E-state index contributed by atoms with van der Waals surface area (Å²) in [6, 6.07) is 3.80. The van der Waals surface area contributed by atoms with E-state index in [4.69, 9.17) is 9.84 Å². The van der Waals surface area contributed by atoms with Gasteiger partial charge < -0.3 is 9.84 Å². The summed E-state index contributed by atoms with van der Waals surface area (Å²) in [5, 5.41) is 13.5. The zero-order valence-electron chi connectivity index (χ0n) is 11.8. The fraction of sp³-hybridized carbons (Fsp3) is 0.357. The zero-order valence-corrected chi connectivity index (χ0v) is 12.6. The molecule has 7 heteroatoms. The maximum Gasteiger partial charge on any atom is 0.343 e. The number of ether oxygens (including phenoxy) is 1. The van der Waals surface area contributed by atoms with Crippen molar-refractivity contribution < 1.29 is 19.4 Å². The number of carbonyl (C=O) groups is 2. The van der Waals surface area contributed by atoms with E-state index in [1.54, 1.807) is 17.6 Å². The van der Waals surface area contributed by atoms with Gasteiger partial charge in [0.2, 0.25) is 0 Å². The average molecular weight is 308 g/mol. The molecule has 112 valence electrons. The summed E-state index contributed by atoms with van der Waals surface area (Å²) in [7, 11) is 0. The molecule has 0 unspecified atom stereocenters. The van der Waals surface area contributed by atoms with Crippen molar-refractivity contribution in [1.29, 1.82) is 0 Å². The van der Waals surface area contributed by atoms with Crippen LogP contribution in [0.5, 0.6) is 0 Å². The number of thioether (sulfide) groups is 1. The van der Waals surface area contributed by atoms with E-state index in [1.165, 1.54) is 0 Å². The number of hydrogen-bond acceptors (Lipinski definition) is 5. The van der Waals surface area contributed by atoms with E-state index in [-0.39, 0.29) is 12.4 Å². The molecule has 0 amide bonds. The van der Waals surface area contributed by atoms with Gasteiger partial charge in [0.15, 0.2) is 0 Å². The van der Waals surface area contributed by atoms with Gasteiger partial charge in [-0.3, -0.25) is 4.79 Å². The Kier molecular flexibility index (Phi) is 4.85. The molecule has 6 nitrogen and oxygen atoms in total. The Balaban J connectivity index is 2.52. The van der Waals surface area contributed by atoms with E-state index in [0.717, 1.165) is 23.7 Å². The molecule has 2 rings (SSSR count). The number of carbonyl (C=O) groups excluding carboxylic acids is 1. The summed E-state index contributed by atoms with van der Waals surface area (Å²) >= 11 is 1.02. The quantitative estimate of drug-likeness (QED) is 0.651. The lowest BCUT2D eigenvalue weighted by Gasteiger charge is -2.03. The van der Waals surface area contributed by atoms with Crippen LogP contribution in [0.3, 0.4) is 0 Å². The van der Waals surface area contributed by atoms with Crippen LogP contribution in [-0.2, 0) is 16.0 Å². The van der Waals surface area contributed by atoms with Crippen molar-refractivity contribution in [3.8, 4) is 0 Å². The first kappa shape index (κ1) is 15.4. The maximum absolute atomic E-state index is 12.1. The number of carboxylic acids is 1. The lowest BCUT2D eigenvalue weighted by atomic mass is 10.1. The summed E-state index contributed by atoms with van der Waals surface area (Å²) in [5.74, 6) is -1.59. The molecule has 0 fully saturated rings. The molecule has 0 radical (unpaired) electrons. The van der Waals surface area contributed by atoms with Crippen molar-refractivity contribution in [2.24, 2.45) is 0 Å². The molecule has 2 aromatic heterocycles.